The maximum Gasteiger partial charge on any atom is 0.416 e. The van der Waals surface area contributed by atoms with Gasteiger partial charge < -0.3 is 19.1 Å². The van der Waals surface area contributed by atoms with Crippen molar-refractivity contribution in [3.63, 3.8) is 0 Å². The van der Waals surface area contributed by atoms with E-state index in [1.54, 1.807) is 18.2 Å². The van der Waals surface area contributed by atoms with Crippen LogP contribution in [0.4, 0.5) is 17.6 Å². The Balaban J connectivity index is 0.894. The number of aromatic nitrogens is 2. The van der Waals surface area contributed by atoms with Gasteiger partial charge in [-0.3, -0.25) is 14.6 Å². The number of carbonyl (C=O) groups is 1. The highest BCUT2D eigenvalue weighted by Gasteiger charge is 2.30. The SMILES string of the molecule is O=C(CN1CCN(Cc2nc(-c3ccc(COc4ccc(F)cc4)cc3)no2)CC1)N/N=C/c1ccc(OCc2cccc(C(F)(F)F)c2)cc1O. The number of ether oxygens (including phenoxy) is 2. The Kier molecular flexibility index (Phi) is 11.4. The molecule has 0 aliphatic carbocycles. The Labute approximate surface area is 296 Å². The Morgan fingerprint density at radius 1 is 0.885 bits per heavy atom. The standard InChI is InChI=1S/C37H34F4N6O5/c38-30-9-12-31(13-10-30)50-23-25-4-6-27(7-5-25)36-43-35(52-45-36)22-47-16-14-46(15-17-47)21-34(49)44-42-20-28-8-11-32(19-33(28)48)51-24-26-2-1-3-29(18-26)37(39,40)41/h1-13,18-20,48H,14-17,21-24H2,(H,44,49)/b42-20+. The third-order valence-electron chi connectivity index (χ3n) is 8.14. The lowest BCUT2D eigenvalue weighted by atomic mass is 10.1. The lowest BCUT2D eigenvalue weighted by molar-refractivity contribution is -0.137. The Morgan fingerprint density at radius 3 is 2.31 bits per heavy atom. The molecule has 2 heterocycles. The van der Waals surface area contributed by atoms with Crippen LogP contribution in [0.1, 0.15) is 28.1 Å². The summed E-state index contributed by atoms with van der Waals surface area (Å²) < 4.78 is 68.6. The number of carbonyl (C=O) groups excluding carboxylic acids is 1. The Hall–Kier alpha value is -5.80. The van der Waals surface area contributed by atoms with Crippen molar-refractivity contribution in [1.29, 1.82) is 0 Å². The number of rotatable bonds is 13. The van der Waals surface area contributed by atoms with Crippen LogP contribution < -0.4 is 14.9 Å². The zero-order chi connectivity index (χ0) is 36.5. The third-order valence-corrected chi connectivity index (χ3v) is 8.14. The number of nitrogens with zero attached hydrogens (tertiary/aromatic N) is 5. The summed E-state index contributed by atoms with van der Waals surface area (Å²) in [6, 6.07) is 22.6. The zero-order valence-corrected chi connectivity index (χ0v) is 27.7. The minimum atomic E-state index is -4.45. The summed E-state index contributed by atoms with van der Waals surface area (Å²) >= 11 is 0. The van der Waals surface area contributed by atoms with Crippen LogP contribution in [0.15, 0.2) is 101 Å². The Bertz CT molecular complexity index is 1980. The largest absolute Gasteiger partial charge is 0.507 e. The van der Waals surface area contributed by atoms with E-state index in [0.29, 0.717) is 67.9 Å². The number of halogens is 4. The number of hydrogen-bond acceptors (Lipinski definition) is 10. The van der Waals surface area contributed by atoms with Gasteiger partial charge in [0.25, 0.3) is 5.91 Å². The van der Waals surface area contributed by atoms with Crippen molar-refractivity contribution in [2.24, 2.45) is 5.10 Å². The number of nitrogens with one attached hydrogen (secondary N) is 1. The molecule has 1 aliphatic rings. The van der Waals surface area contributed by atoms with Gasteiger partial charge in [-0.05, 0) is 59.7 Å². The molecule has 0 unspecified atom stereocenters. The number of hydrogen-bond donors (Lipinski definition) is 2. The van der Waals surface area contributed by atoms with E-state index in [1.807, 2.05) is 29.2 Å². The van der Waals surface area contributed by atoms with Gasteiger partial charge in [-0.2, -0.15) is 23.3 Å². The number of phenolic OH excluding ortho intramolecular Hbond substituents is 1. The quantitative estimate of drug-likeness (QED) is 0.0854. The van der Waals surface area contributed by atoms with Gasteiger partial charge in [0.05, 0.1) is 24.9 Å². The summed E-state index contributed by atoms with van der Waals surface area (Å²) in [5, 5.41) is 18.4. The van der Waals surface area contributed by atoms with E-state index in [1.165, 1.54) is 42.6 Å². The molecule has 0 saturated carbocycles. The first-order valence-electron chi connectivity index (χ1n) is 16.3. The topological polar surface area (TPSA) is 126 Å². The molecule has 0 atom stereocenters. The van der Waals surface area contributed by atoms with Gasteiger partial charge in [0.1, 0.15) is 36.3 Å². The monoisotopic (exact) mass is 718 g/mol. The molecule has 1 amide bonds. The fraction of sp³-hybridized carbons (Fsp3) is 0.243. The average Bonchev–Trinajstić information content (AvgIpc) is 3.60. The average molecular weight is 719 g/mol. The molecular formula is C37H34F4N6O5. The molecule has 15 heteroatoms. The molecule has 0 bridgehead atoms. The van der Waals surface area contributed by atoms with Gasteiger partial charge in [0, 0.05) is 43.4 Å². The first kappa shape index (κ1) is 36.0. The van der Waals surface area contributed by atoms with Gasteiger partial charge in [-0.1, -0.05) is 41.6 Å². The fourth-order valence-electron chi connectivity index (χ4n) is 5.32. The van der Waals surface area contributed by atoms with E-state index >= 15 is 0 Å². The molecule has 0 radical (unpaired) electrons. The second-order valence-corrected chi connectivity index (χ2v) is 12.0. The van der Waals surface area contributed by atoms with E-state index in [4.69, 9.17) is 14.0 Å². The number of phenols is 1. The highest BCUT2D eigenvalue weighted by molar-refractivity contribution is 5.85. The molecule has 1 fully saturated rings. The van der Waals surface area contributed by atoms with Crippen molar-refractivity contribution in [2.45, 2.75) is 25.9 Å². The van der Waals surface area contributed by atoms with E-state index < -0.39 is 11.7 Å². The lowest BCUT2D eigenvalue weighted by Crippen LogP contribution is -2.48. The van der Waals surface area contributed by atoms with Crippen LogP contribution in [0.3, 0.4) is 0 Å². The zero-order valence-electron chi connectivity index (χ0n) is 27.7. The van der Waals surface area contributed by atoms with E-state index in [0.717, 1.165) is 23.3 Å². The van der Waals surface area contributed by atoms with Crippen LogP contribution in [-0.2, 0) is 30.7 Å². The number of piperazine rings is 1. The summed E-state index contributed by atoms with van der Waals surface area (Å²) in [5.41, 5.74) is 4.07. The molecule has 0 spiro atoms. The van der Waals surface area contributed by atoms with Gasteiger partial charge in [0.2, 0.25) is 11.7 Å². The number of amides is 1. The second kappa shape index (κ2) is 16.5. The number of aromatic hydroxyl groups is 1. The minimum absolute atomic E-state index is 0.117. The molecule has 6 rings (SSSR count). The molecule has 4 aromatic carbocycles. The molecule has 1 saturated heterocycles. The second-order valence-electron chi connectivity index (χ2n) is 12.0. The predicted molar refractivity (Wildman–Crippen MR) is 182 cm³/mol. The van der Waals surface area contributed by atoms with Crippen molar-refractivity contribution in [3.8, 4) is 28.6 Å². The maximum atomic E-state index is 13.1. The van der Waals surface area contributed by atoms with Crippen LogP contribution in [-0.4, -0.2) is 69.9 Å². The summed E-state index contributed by atoms with van der Waals surface area (Å²) in [6.07, 6.45) is -3.16. The number of hydrazone groups is 1. The molecule has 11 nitrogen and oxygen atoms in total. The molecule has 1 aliphatic heterocycles. The van der Waals surface area contributed by atoms with Crippen LogP contribution >= 0.6 is 0 Å². The number of benzene rings is 4. The van der Waals surface area contributed by atoms with Crippen LogP contribution in [0, 0.1) is 5.82 Å². The molecule has 1 aromatic heterocycles. The molecule has 2 N–H and O–H groups in total. The van der Waals surface area contributed by atoms with E-state index in [9.17, 15) is 27.5 Å². The van der Waals surface area contributed by atoms with Crippen LogP contribution in [0.2, 0.25) is 0 Å². The summed E-state index contributed by atoms with van der Waals surface area (Å²) in [6.45, 7) is 3.48. The van der Waals surface area contributed by atoms with Crippen molar-refractivity contribution >= 4 is 12.1 Å². The summed E-state index contributed by atoms with van der Waals surface area (Å²) in [7, 11) is 0. The highest BCUT2D eigenvalue weighted by Crippen LogP contribution is 2.30. The van der Waals surface area contributed by atoms with E-state index in [2.05, 4.69) is 25.6 Å². The normalized spacial score (nSPS) is 14.1. The molecular weight excluding hydrogens is 684 g/mol. The molecule has 52 heavy (non-hydrogen) atoms. The highest BCUT2D eigenvalue weighted by atomic mass is 19.4. The van der Waals surface area contributed by atoms with Gasteiger partial charge in [-0.25, -0.2) is 9.82 Å². The lowest BCUT2D eigenvalue weighted by Gasteiger charge is -2.33. The first-order valence-corrected chi connectivity index (χ1v) is 16.3. The van der Waals surface area contributed by atoms with Gasteiger partial charge in [0.15, 0.2) is 0 Å². The predicted octanol–water partition coefficient (Wildman–Crippen LogP) is 6.03. The van der Waals surface area contributed by atoms with Crippen molar-refractivity contribution in [1.82, 2.24) is 25.4 Å². The summed E-state index contributed by atoms with van der Waals surface area (Å²) in [4.78, 5) is 21.2. The minimum Gasteiger partial charge on any atom is -0.507 e. The first-order chi connectivity index (χ1) is 25.1. The smallest absolute Gasteiger partial charge is 0.416 e. The summed E-state index contributed by atoms with van der Waals surface area (Å²) in [5.74, 6) is 0.986. The van der Waals surface area contributed by atoms with Gasteiger partial charge in [-0.15, -0.1) is 0 Å². The van der Waals surface area contributed by atoms with Crippen molar-refractivity contribution < 1.29 is 41.5 Å². The van der Waals surface area contributed by atoms with Crippen molar-refractivity contribution in [3.05, 3.63) is 125 Å². The van der Waals surface area contributed by atoms with Crippen molar-refractivity contribution in [2.75, 3.05) is 32.7 Å². The Morgan fingerprint density at radius 2 is 1.58 bits per heavy atom. The fourth-order valence-corrected chi connectivity index (χ4v) is 5.32. The maximum absolute atomic E-state index is 13.1. The number of alkyl halides is 3. The van der Waals surface area contributed by atoms with Crippen LogP contribution in [0.5, 0.6) is 17.2 Å². The van der Waals surface area contributed by atoms with Crippen LogP contribution in [0.25, 0.3) is 11.4 Å². The molecule has 270 valence electrons. The van der Waals surface area contributed by atoms with E-state index in [-0.39, 0.29) is 36.4 Å². The third kappa shape index (κ3) is 10.1. The molecule has 5 aromatic rings. The van der Waals surface area contributed by atoms with Gasteiger partial charge >= 0.3 is 6.18 Å².